The van der Waals surface area contributed by atoms with Gasteiger partial charge in [-0.15, -0.1) is 11.3 Å². The molecule has 0 radical (unpaired) electrons. The highest BCUT2D eigenvalue weighted by Gasteiger charge is 2.30. The molecule has 1 heterocycles. The summed E-state index contributed by atoms with van der Waals surface area (Å²) in [6, 6.07) is 7.56. The Morgan fingerprint density at radius 2 is 2.10 bits per heavy atom. The van der Waals surface area contributed by atoms with Crippen molar-refractivity contribution in [3.63, 3.8) is 0 Å². The van der Waals surface area contributed by atoms with Crippen LogP contribution in [-0.4, -0.2) is 24.6 Å². The molecular weight excluding hydrogens is 386 g/mol. The Kier molecular flexibility index (Phi) is 6.96. The van der Waals surface area contributed by atoms with Gasteiger partial charge in [0.25, 0.3) is 5.91 Å². The van der Waals surface area contributed by atoms with E-state index in [0.29, 0.717) is 22.2 Å². The number of hydrogen-bond acceptors (Lipinski definition) is 5. The monoisotopic (exact) mass is 415 g/mol. The van der Waals surface area contributed by atoms with E-state index in [4.69, 9.17) is 9.47 Å². The Morgan fingerprint density at radius 1 is 1.31 bits per heavy atom. The van der Waals surface area contributed by atoms with Crippen LogP contribution < -0.4 is 10.1 Å². The number of ether oxygens (including phenoxy) is 2. The van der Waals surface area contributed by atoms with E-state index in [0.717, 1.165) is 36.8 Å². The normalized spacial score (nSPS) is 15.7. The topological polar surface area (TPSA) is 64.6 Å². The molecule has 0 aliphatic heterocycles. The Balaban J connectivity index is 1.77. The zero-order valence-corrected chi connectivity index (χ0v) is 18.4. The molecule has 6 heteroatoms. The molecule has 156 valence electrons. The zero-order chi connectivity index (χ0) is 21.0. The molecule has 0 spiro atoms. The number of esters is 1. The van der Waals surface area contributed by atoms with E-state index in [9.17, 15) is 9.59 Å². The predicted molar refractivity (Wildman–Crippen MR) is 116 cm³/mol. The Labute approximate surface area is 176 Å². The molecule has 1 amide bonds. The second-order valence-corrected chi connectivity index (χ2v) is 8.94. The number of amides is 1. The average molecular weight is 416 g/mol. The third kappa shape index (κ3) is 5.38. The SMILES string of the molecule is CC[C@H]1CCc2c(sc(NC(=O)COc3cccc(C)c3)c2C(=O)OC(C)C)C1. The van der Waals surface area contributed by atoms with E-state index in [-0.39, 0.29) is 24.6 Å². The van der Waals surface area contributed by atoms with Crippen LogP contribution >= 0.6 is 11.3 Å². The Morgan fingerprint density at radius 3 is 2.79 bits per heavy atom. The maximum absolute atomic E-state index is 12.8. The summed E-state index contributed by atoms with van der Waals surface area (Å²) in [5.41, 5.74) is 2.63. The van der Waals surface area contributed by atoms with E-state index >= 15 is 0 Å². The molecule has 0 fully saturated rings. The smallest absolute Gasteiger partial charge is 0.341 e. The number of carbonyl (C=O) groups excluding carboxylic acids is 2. The number of rotatable bonds is 7. The highest BCUT2D eigenvalue weighted by atomic mass is 32.1. The van der Waals surface area contributed by atoms with Crippen molar-refractivity contribution < 1.29 is 19.1 Å². The van der Waals surface area contributed by atoms with Gasteiger partial charge in [0.05, 0.1) is 11.7 Å². The van der Waals surface area contributed by atoms with Crippen LogP contribution in [0.3, 0.4) is 0 Å². The van der Waals surface area contributed by atoms with Crippen molar-refractivity contribution >= 4 is 28.2 Å². The van der Waals surface area contributed by atoms with Crippen molar-refractivity contribution in [1.29, 1.82) is 0 Å². The lowest BCUT2D eigenvalue weighted by Crippen LogP contribution is -2.22. The molecule has 1 aliphatic rings. The standard InChI is InChI=1S/C23H29NO4S/c1-5-16-9-10-18-19(12-16)29-22(21(18)23(26)28-14(2)3)24-20(25)13-27-17-8-6-7-15(4)11-17/h6-8,11,14,16H,5,9-10,12-13H2,1-4H3,(H,24,25)/t16-/m0/s1. The third-order valence-corrected chi connectivity index (χ3v) is 6.27. The summed E-state index contributed by atoms with van der Waals surface area (Å²) in [4.78, 5) is 26.5. The fraction of sp³-hybridized carbons (Fsp3) is 0.478. The molecule has 0 unspecified atom stereocenters. The molecule has 1 aromatic carbocycles. The van der Waals surface area contributed by atoms with Crippen molar-refractivity contribution in [3.8, 4) is 5.75 Å². The van der Waals surface area contributed by atoms with Crippen LogP contribution in [-0.2, 0) is 22.4 Å². The van der Waals surface area contributed by atoms with Crippen LogP contribution in [0.15, 0.2) is 24.3 Å². The third-order valence-electron chi connectivity index (χ3n) is 5.10. The molecule has 0 saturated heterocycles. The highest BCUT2D eigenvalue weighted by Crippen LogP contribution is 2.41. The molecule has 29 heavy (non-hydrogen) atoms. The van der Waals surface area contributed by atoms with E-state index in [1.165, 1.54) is 16.2 Å². The number of fused-ring (bicyclic) bond motifs is 1. The van der Waals surface area contributed by atoms with Crippen LogP contribution in [0, 0.1) is 12.8 Å². The van der Waals surface area contributed by atoms with Gasteiger partial charge < -0.3 is 14.8 Å². The van der Waals surface area contributed by atoms with Gasteiger partial charge in [0, 0.05) is 4.88 Å². The van der Waals surface area contributed by atoms with Gasteiger partial charge in [0.1, 0.15) is 10.8 Å². The van der Waals surface area contributed by atoms with Crippen molar-refractivity contribution in [3.05, 3.63) is 45.8 Å². The second kappa shape index (κ2) is 9.44. The fourth-order valence-electron chi connectivity index (χ4n) is 3.60. The van der Waals surface area contributed by atoms with Crippen molar-refractivity contribution in [2.75, 3.05) is 11.9 Å². The van der Waals surface area contributed by atoms with Crippen LogP contribution in [0.1, 0.15) is 60.0 Å². The first kappa shape index (κ1) is 21.4. The van der Waals surface area contributed by atoms with Gasteiger partial charge in [-0.1, -0.05) is 25.5 Å². The number of anilines is 1. The first-order chi connectivity index (χ1) is 13.9. The summed E-state index contributed by atoms with van der Waals surface area (Å²) in [5, 5.41) is 3.47. The number of aryl methyl sites for hydroxylation is 1. The van der Waals surface area contributed by atoms with E-state index in [1.54, 1.807) is 0 Å². The minimum Gasteiger partial charge on any atom is -0.484 e. The lowest BCUT2D eigenvalue weighted by atomic mass is 9.85. The molecule has 0 saturated carbocycles. The van der Waals surface area contributed by atoms with Gasteiger partial charge in [-0.25, -0.2) is 4.79 Å². The molecule has 1 aliphatic carbocycles. The van der Waals surface area contributed by atoms with Gasteiger partial charge >= 0.3 is 5.97 Å². The van der Waals surface area contributed by atoms with Gasteiger partial charge in [-0.2, -0.15) is 0 Å². The largest absolute Gasteiger partial charge is 0.484 e. The summed E-state index contributed by atoms with van der Waals surface area (Å²) in [6.07, 6.45) is 3.77. The van der Waals surface area contributed by atoms with E-state index in [1.807, 2.05) is 45.0 Å². The molecular formula is C23H29NO4S. The minimum absolute atomic E-state index is 0.109. The Bertz CT molecular complexity index is 887. The van der Waals surface area contributed by atoms with Gasteiger partial charge in [-0.3, -0.25) is 4.79 Å². The molecule has 1 aromatic heterocycles. The number of carbonyl (C=O) groups is 2. The average Bonchev–Trinajstić information content (AvgIpc) is 3.02. The Hall–Kier alpha value is -2.34. The number of nitrogens with one attached hydrogen (secondary N) is 1. The molecule has 0 bridgehead atoms. The van der Waals surface area contributed by atoms with Crippen molar-refractivity contribution in [2.45, 2.75) is 59.5 Å². The number of hydrogen-bond donors (Lipinski definition) is 1. The number of thiophene rings is 1. The first-order valence-electron chi connectivity index (χ1n) is 10.2. The van der Waals surface area contributed by atoms with Gasteiger partial charge in [0.15, 0.2) is 6.61 Å². The maximum Gasteiger partial charge on any atom is 0.341 e. The summed E-state index contributed by atoms with van der Waals surface area (Å²) in [5.74, 6) is 0.636. The lowest BCUT2D eigenvalue weighted by molar-refractivity contribution is -0.118. The first-order valence-corrected chi connectivity index (χ1v) is 11.0. The molecule has 5 nitrogen and oxygen atoms in total. The minimum atomic E-state index is -0.359. The van der Waals surface area contributed by atoms with E-state index in [2.05, 4.69) is 12.2 Å². The van der Waals surface area contributed by atoms with Crippen LogP contribution in [0.4, 0.5) is 5.00 Å². The van der Waals surface area contributed by atoms with Gasteiger partial charge in [0.2, 0.25) is 0 Å². The summed E-state index contributed by atoms with van der Waals surface area (Å²) in [7, 11) is 0. The fourth-order valence-corrected chi connectivity index (χ4v) is 4.96. The molecule has 1 atom stereocenters. The lowest BCUT2D eigenvalue weighted by Gasteiger charge is -2.21. The number of benzene rings is 1. The molecule has 1 N–H and O–H groups in total. The summed E-state index contributed by atoms with van der Waals surface area (Å²) < 4.78 is 11.1. The van der Waals surface area contributed by atoms with Crippen LogP contribution in [0.5, 0.6) is 5.75 Å². The van der Waals surface area contributed by atoms with E-state index < -0.39 is 0 Å². The molecule has 3 rings (SSSR count). The predicted octanol–water partition coefficient (Wildman–Crippen LogP) is 5.15. The zero-order valence-electron chi connectivity index (χ0n) is 17.5. The van der Waals surface area contributed by atoms with Crippen LogP contribution in [0.2, 0.25) is 0 Å². The van der Waals surface area contributed by atoms with Crippen LogP contribution in [0.25, 0.3) is 0 Å². The quantitative estimate of drug-likeness (QED) is 0.635. The van der Waals surface area contributed by atoms with Crippen molar-refractivity contribution in [1.82, 2.24) is 0 Å². The molecule has 2 aromatic rings. The summed E-state index contributed by atoms with van der Waals surface area (Å²) >= 11 is 1.50. The van der Waals surface area contributed by atoms with Crippen molar-refractivity contribution in [2.24, 2.45) is 5.92 Å². The maximum atomic E-state index is 12.8. The second-order valence-electron chi connectivity index (χ2n) is 7.83. The van der Waals surface area contributed by atoms with Gasteiger partial charge in [-0.05, 0) is 69.2 Å². The summed E-state index contributed by atoms with van der Waals surface area (Å²) in [6.45, 7) is 7.72. The highest BCUT2D eigenvalue weighted by molar-refractivity contribution is 7.17.